The maximum absolute atomic E-state index is 11.9. The van der Waals surface area contributed by atoms with Gasteiger partial charge in [-0.05, 0) is 12.1 Å². The van der Waals surface area contributed by atoms with Crippen LogP contribution < -0.4 is 15.2 Å². The van der Waals surface area contributed by atoms with Gasteiger partial charge in [-0.15, -0.1) is 13.2 Å². The molecule has 0 radical (unpaired) electrons. The molecule has 0 aliphatic carbocycles. The van der Waals surface area contributed by atoms with E-state index in [1.165, 1.54) is 0 Å². The number of nitrogens with two attached hydrogens (primary N) is 1. The first-order valence-electron chi connectivity index (χ1n) is 3.99. The lowest BCUT2D eigenvalue weighted by molar-refractivity contribution is -0.274. The molecule has 0 atom stereocenters. The van der Waals surface area contributed by atoms with Crippen LogP contribution in [0, 0.1) is 0 Å². The summed E-state index contributed by atoms with van der Waals surface area (Å²) in [5.74, 6) is -1.32. The number of hydrogen-bond acceptors (Lipinski definition) is 3. The number of ether oxygens (including phenoxy) is 2. The third-order valence-corrected chi connectivity index (χ3v) is 1.94. The third-order valence-electron chi connectivity index (χ3n) is 1.55. The van der Waals surface area contributed by atoms with Crippen molar-refractivity contribution in [3.05, 3.63) is 17.2 Å². The fourth-order valence-corrected chi connectivity index (χ4v) is 1.15. The second-order valence-electron chi connectivity index (χ2n) is 2.72. The van der Waals surface area contributed by atoms with Gasteiger partial charge in [0.2, 0.25) is 0 Å². The van der Waals surface area contributed by atoms with E-state index < -0.39 is 35.2 Å². The second kappa shape index (κ2) is 4.82. The molecule has 1 rings (SSSR count). The monoisotopic (exact) mass is 277 g/mol. The lowest BCUT2D eigenvalue weighted by Gasteiger charge is -2.14. The summed E-state index contributed by atoms with van der Waals surface area (Å²) < 4.78 is 66.9. The molecule has 2 N–H and O–H groups in total. The van der Waals surface area contributed by atoms with Crippen molar-refractivity contribution in [2.75, 3.05) is 5.73 Å². The van der Waals surface area contributed by atoms with Crippen LogP contribution in [-0.2, 0) is 0 Å². The van der Waals surface area contributed by atoms with E-state index in [0.29, 0.717) is 0 Å². The molecule has 0 saturated heterocycles. The highest BCUT2D eigenvalue weighted by atomic mass is 35.5. The van der Waals surface area contributed by atoms with Crippen LogP contribution in [0.4, 0.5) is 27.6 Å². The van der Waals surface area contributed by atoms with Crippen LogP contribution in [0.15, 0.2) is 12.1 Å². The summed E-state index contributed by atoms with van der Waals surface area (Å²) in [7, 11) is 0. The highest BCUT2D eigenvalue weighted by Crippen LogP contribution is 2.39. The molecule has 3 nitrogen and oxygen atoms in total. The Balaban J connectivity index is 3.02. The van der Waals surface area contributed by atoms with Gasteiger partial charge in [-0.1, -0.05) is 11.6 Å². The molecule has 9 heteroatoms. The minimum absolute atomic E-state index is 0.528. The Hall–Kier alpha value is -1.44. The van der Waals surface area contributed by atoms with Gasteiger partial charge in [0.15, 0.2) is 5.75 Å². The molecule has 96 valence electrons. The van der Waals surface area contributed by atoms with Gasteiger partial charge in [0.25, 0.3) is 0 Å². The quantitative estimate of drug-likeness (QED) is 0.680. The number of nitrogen functional groups attached to an aromatic ring is 1. The van der Waals surface area contributed by atoms with Crippen molar-refractivity contribution >= 4 is 17.3 Å². The Kier molecular flexibility index (Phi) is 3.87. The Labute approximate surface area is 96.9 Å². The molecular weight excluding hydrogens is 273 g/mol. The van der Waals surface area contributed by atoms with E-state index in [1.54, 1.807) is 0 Å². The number of anilines is 1. The maximum atomic E-state index is 11.9. The second-order valence-corrected chi connectivity index (χ2v) is 3.09. The molecule has 0 saturated carbocycles. The SMILES string of the molecule is Nc1c(OC(F)F)ccc(OC(F)(F)F)c1Cl. The van der Waals surface area contributed by atoms with Crippen LogP contribution in [-0.4, -0.2) is 13.0 Å². The molecule has 0 unspecified atom stereocenters. The van der Waals surface area contributed by atoms with Crippen LogP contribution in [0.3, 0.4) is 0 Å². The van der Waals surface area contributed by atoms with E-state index >= 15 is 0 Å². The Morgan fingerprint density at radius 3 is 2.18 bits per heavy atom. The zero-order valence-electron chi connectivity index (χ0n) is 7.89. The molecule has 0 bridgehead atoms. The third kappa shape index (κ3) is 3.81. The summed E-state index contributed by atoms with van der Waals surface area (Å²) in [6, 6.07) is 1.53. The van der Waals surface area contributed by atoms with Gasteiger partial charge in [0.1, 0.15) is 10.8 Å². The predicted molar refractivity (Wildman–Crippen MR) is 49.2 cm³/mol. The minimum Gasteiger partial charge on any atom is -0.433 e. The van der Waals surface area contributed by atoms with Crippen molar-refractivity contribution in [1.29, 1.82) is 0 Å². The lowest BCUT2D eigenvalue weighted by atomic mass is 10.3. The number of benzene rings is 1. The molecule has 1 aromatic carbocycles. The molecular formula is C8H5ClF5NO2. The fraction of sp³-hybridized carbons (Fsp3) is 0.250. The number of rotatable bonds is 3. The van der Waals surface area contributed by atoms with E-state index in [0.717, 1.165) is 12.1 Å². The molecule has 0 heterocycles. The highest BCUT2D eigenvalue weighted by Gasteiger charge is 2.32. The lowest BCUT2D eigenvalue weighted by Crippen LogP contribution is -2.17. The molecule has 0 aliphatic heterocycles. The minimum atomic E-state index is -4.96. The summed E-state index contributed by atoms with van der Waals surface area (Å²) in [6.45, 7) is -3.16. The first-order valence-corrected chi connectivity index (χ1v) is 4.37. The maximum Gasteiger partial charge on any atom is 0.573 e. The smallest absolute Gasteiger partial charge is 0.433 e. The van der Waals surface area contributed by atoms with E-state index in [2.05, 4.69) is 9.47 Å². The highest BCUT2D eigenvalue weighted by molar-refractivity contribution is 6.34. The summed E-state index contributed by atoms with van der Waals surface area (Å²) in [5, 5.41) is -0.652. The molecule has 0 amide bonds. The van der Waals surface area contributed by atoms with Crippen molar-refractivity contribution < 1.29 is 31.4 Å². The number of hydrogen-bond donors (Lipinski definition) is 1. The van der Waals surface area contributed by atoms with Crippen molar-refractivity contribution in [3.8, 4) is 11.5 Å². The number of halogens is 6. The first-order chi connectivity index (χ1) is 7.70. The van der Waals surface area contributed by atoms with Gasteiger partial charge in [-0.2, -0.15) is 8.78 Å². The van der Waals surface area contributed by atoms with Crippen molar-refractivity contribution in [2.45, 2.75) is 13.0 Å². The van der Waals surface area contributed by atoms with Crippen LogP contribution in [0.5, 0.6) is 11.5 Å². The Morgan fingerprint density at radius 1 is 1.18 bits per heavy atom. The predicted octanol–water partition coefficient (Wildman–Crippen LogP) is 3.42. The molecule has 17 heavy (non-hydrogen) atoms. The molecule has 0 aliphatic rings. The van der Waals surface area contributed by atoms with Gasteiger partial charge in [-0.3, -0.25) is 0 Å². The van der Waals surface area contributed by atoms with Crippen molar-refractivity contribution in [2.24, 2.45) is 0 Å². The van der Waals surface area contributed by atoms with Crippen LogP contribution in [0.1, 0.15) is 0 Å². The first kappa shape index (κ1) is 13.6. The van der Waals surface area contributed by atoms with E-state index in [1.807, 2.05) is 0 Å². The Morgan fingerprint density at radius 2 is 1.71 bits per heavy atom. The van der Waals surface area contributed by atoms with E-state index in [9.17, 15) is 22.0 Å². The number of alkyl halides is 5. The van der Waals surface area contributed by atoms with Gasteiger partial charge in [-0.25, -0.2) is 0 Å². The topological polar surface area (TPSA) is 44.5 Å². The normalized spacial score (nSPS) is 11.7. The van der Waals surface area contributed by atoms with Crippen LogP contribution >= 0.6 is 11.6 Å². The van der Waals surface area contributed by atoms with Crippen LogP contribution in [0.2, 0.25) is 5.02 Å². The summed E-state index contributed by atoms with van der Waals surface area (Å²) in [5.41, 5.74) is 4.65. The Bertz CT molecular complexity index is 410. The van der Waals surface area contributed by atoms with E-state index in [4.69, 9.17) is 17.3 Å². The molecule has 0 aromatic heterocycles. The zero-order valence-corrected chi connectivity index (χ0v) is 8.65. The summed E-state index contributed by atoms with van der Waals surface area (Å²) >= 11 is 5.41. The van der Waals surface area contributed by atoms with E-state index in [-0.39, 0.29) is 0 Å². The van der Waals surface area contributed by atoms with Gasteiger partial charge in [0, 0.05) is 0 Å². The average molecular weight is 278 g/mol. The zero-order chi connectivity index (χ0) is 13.2. The fourth-order valence-electron chi connectivity index (χ4n) is 0.957. The molecule has 0 fully saturated rings. The van der Waals surface area contributed by atoms with Gasteiger partial charge in [0.05, 0.1) is 5.69 Å². The van der Waals surface area contributed by atoms with Gasteiger partial charge >= 0.3 is 13.0 Å². The standard InChI is InChI=1S/C8H5ClF5NO2/c9-5-3(17-8(12,13)14)1-2-4(6(5)15)16-7(10)11/h1-2,7H,15H2. The van der Waals surface area contributed by atoms with Gasteiger partial charge < -0.3 is 15.2 Å². The largest absolute Gasteiger partial charge is 0.573 e. The summed E-state index contributed by atoms with van der Waals surface area (Å²) in [4.78, 5) is 0. The molecule has 1 aromatic rings. The average Bonchev–Trinajstić information content (AvgIpc) is 2.15. The summed E-state index contributed by atoms with van der Waals surface area (Å²) in [6.07, 6.45) is -4.96. The molecule has 0 spiro atoms. The van der Waals surface area contributed by atoms with Crippen LogP contribution in [0.25, 0.3) is 0 Å². The van der Waals surface area contributed by atoms with Crippen molar-refractivity contribution in [3.63, 3.8) is 0 Å². The van der Waals surface area contributed by atoms with Crippen molar-refractivity contribution in [1.82, 2.24) is 0 Å².